The van der Waals surface area contributed by atoms with Gasteiger partial charge in [-0.3, -0.25) is 9.59 Å². The minimum atomic E-state index is -0.566. The summed E-state index contributed by atoms with van der Waals surface area (Å²) in [5.74, 6) is -0.716. The van der Waals surface area contributed by atoms with E-state index in [0.717, 1.165) is 25.9 Å². The van der Waals surface area contributed by atoms with Crippen LogP contribution in [0.2, 0.25) is 5.02 Å². The van der Waals surface area contributed by atoms with Crippen molar-refractivity contribution in [2.75, 3.05) is 18.4 Å². The molecule has 26 heavy (non-hydrogen) atoms. The number of aromatic nitrogens is 1. The van der Waals surface area contributed by atoms with E-state index in [9.17, 15) is 14.0 Å². The highest BCUT2D eigenvalue weighted by Crippen LogP contribution is 2.20. The van der Waals surface area contributed by atoms with Gasteiger partial charge in [-0.25, -0.2) is 4.39 Å². The van der Waals surface area contributed by atoms with Crippen LogP contribution in [0.25, 0.3) is 0 Å². The lowest BCUT2D eigenvalue weighted by atomic mass is 9.99. The molecule has 2 aromatic rings. The number of hydrogen-bond donors (Lipinski definition) is 2. The predicted octanol–water partition coefficient (Wildman–Crippen LogP) is 3.20. The zero-order chi connectivity index (χ0) is 18.7. The number of nitrogens with one attached hydrogen (secondary N) is 2. The van der Waals surface area contributed by atoms with Gasteiger partial charge >= 0.3 is 0 Å². The Balaban J connectivity index is 1.83. The van der Waals surface area contributed by atoms with Gasteiger partial charge in [0, 0.05) is 18.4 Å². The minimum Gasteiger partial charge on any atom is -0.322 e. The number of carbonyl (C=O) groups is 1. The molecule has 0 radical (unpaired) electrons. The minimum absolute atomic E-state index is 0.0882. The van der Waals surface area contributed by atoms with Crippen LogP contribution >= 0.6 is 11.6 Å². The molecule has 0 spiro atoms. The van der Waals surface area contributed by atoms with Crippen molar-refractivity contribution in [3.05, 3.63) is 62.8 Å². The number of carbonyl (C=O) groups excluding carboxylic acids is 1. The van der Waals surface area contributed by atoms with E-state index in [1.165, 1.54) is 18.2 Å². The van der Waals surface area contributed by atoms with E-state index >= 15 is 0 Å². The Morgan fingerprint density at radius 1 is 1.42 bits per heavy atom. The summed E-state index contributed by atoms with van der Waals surface area (Å²) in [6.07, 6.45) is 3.88. The number of hydrogen-bond acceptors (Lipinski definition) is 3. The first-order valence-electron chi connectivity index (χ1n) is 8.63. The highest BCUT2D eigenvalue weighted by molar-refractivity contribution is 6.31. The third kappa shape index (κ3) is 4.14. The normalized spacial score (nSPS) is 17.1. The Kier molecular flexibility index (Phi) is 5.74. The number of rotatable bonds is 4. The molecular formula is C19H21ClFN3O2. The van der Waals surface area contributed by atoms with Gasteiger partial charge in [0.2, 0.25) is 0 Å². The molecule has 0 aliphatic carbocycles. The Morgan fingerprint density at radius 3 is 2.92 bits per heavy atom. The number of aryl methyl sites for hydroxylation is 1. The SMILES string of the molecule is Cc1ccn(CC2CCCNC2)c(=O)c1C(=O)Nc1ccc(F)c(Cl)c1. The molecule has 1 aromatic heterocycles. The molecule has 0 bridgehead atoms. The third-order valence-electron chi connectivity index (χ3n) is 4.63. The average molecular weight is 378 g/mol. The van der Waals surface area contributed by atoms with Crippen molar-refractivity contribution in [3.63, 3.8) is 0 Å². The van der Waals surface area contributed by atoms with Crippen LogP contribution in [0.3, 0.4) is 0 Å². The fourth-order valence-electron chi connectivity index (χ4n) is 3.21. The lowest BCUT2D eigenvalue weighted by molar-refractivity contribution is 0.102. The molecule has 138 valence electrons. The summed E-state index contributed by atoms with van der Waals surface area (Å²) in [6.45, 7) is 4.18. The van der Waals surface area contributed by atoms with Crippen molar-refractivity contribution < 1.29 is 9.18 Å². The molecule has 3 rings (SSSR count). The molecular weight excluding hydrogens is 357 g/mol. The van der Waals surface area contributed by atoms with Gasteiger partial charge in [-0.05, 0) is 68.6 Å². The number of benzene rings is 1. The van der Waals surface area contributed by atoms with E-state index < -0.39 is 11.7 Å². The molecule has 1 atom stereocenters. The van der Waals surface area contributed by atoms with Crippen molar-refractivity contribution in [2.24, 2.45) is 5.92 Å². The highest BCUT2D eigenvalue weighted by Gasteiger charge is 2.19. The van der Waals surface area contributed by atoms with Crippen LogP contribution in [0, 0.1) is 18.7 Å². The topological polar surface area (TPSA) is 63.1 Å². The van der Waals surface area contributed by atoms with E-state index in [0.29, 0.717) is 23.7 Å². The summed E-state index contributed by atoms with van der Waals surface area (Å²) in [7, 11) is 0. The second kappa shape index (κ2) is 8.01. The summed E-state index contributed by atoms with van der Waals surface area (Å²) < 4.78 is 14.9. The van der Waals surface area contributed by atoms with Crippen LogP contribution in [0.1, 0.15) is 28.8 Å². The molecule has 1 unspecified atom stereocenters. The standard InChI is InChI=1S/C19H21ClFN3O2/c1-12-6-8-24(11-13-3-2-7-22-10-13)19(26)17(12)18(25)23-14-4-5-16(21)15(20)9-14/h4-6,8-9,13,22H,2-3,7,10-11H2,1H3,(H,23,25). The number of halogens is 2. The maximum Gasteiger partial charge on any atom is 0.263 e. The molecule has 2 N–H and O–H groups in total. The van der Waals surface area contributed by atoms with Crippen molar-refractivity contribution in [3.8, 4) is 0 Å². The van der Waals surface area contributed by atoms with Gasteiger partial charge in [0.05, 0.1) is 5.02 Å². The van der Waals surface area contributed by atoms with Gasteiger partial charge in [-0.15, -0.1) is 0 Å². The first-order chi connectivity index (χ1) is 12.5. The van der Waals surface area contributed by atoms with Gasteiger partial charge < -0.3 is 15.2 Å². The number of anilines is 1. The lowest BCUT2D eigenvalue weighted by Crippen LogP contribution is -2.36. The highest BCUT2D eigenvalue weighted by atomic mass is 35.5. The van der Waals surface area contributed by atoms with Gasteiger partial charge in [0.15, 0.2) is 0 Å². The van der Waals surface area contributed by atoms with Gasteiger partial charge in [-0.1, -0.05) is 11.6 Å². The smallest absolute Gasteiger partial charge is 0.263 e. The van der Waals surface area contributed by atoms with Crippen molar-refractivity contribution in [2.45, 2.75) is 26.3 Å². The Labute approximate surface area is 156 Å². The third-order valence-corrected chi connectivity index (χ3v) is 4.92. The first-order valence-corrected chi connectivity index (χ1v) is 9.00. The van der Waals surface area contributed by atoms with E-state index in [-0.39, 0.29) is 16.1 Å². The monoisotopic (exact) mass is 377 g/mol. The molecule has 5 nitrogen and oxygen atoms in total. The van der Waals surface area contributed by atoms with Crippen LogP contribution in [0.5, 0.6) is 0 Å². The summed E-state index contributed by atoms with van der Waals surface area (Å²) in [4.78, 5) is 25.4. The van der Waals surface area contributed by atoms with Crippen molar-refractivity contribution >= 4 is 23.2 Å². The molecule has 1 aliphatic heterocycles. The number of pyridine rings is 1. The van der Waals surface area contributed by atoms with E-state index in [1.54, 1.807) is 23.8 Å². The number of nitrogens with zero attached hydrogens (tertiary/aromatic N) is 1. The van der Waals surface area contributed by atoms with Crippen LogP contribution in [-0.2, 0) is 6.54 Å². The lowest BCUT2D eigenvalue weighted by Gasteiger charge is -2.23. The zero-order valence-corrected chi connectivity index (χ0v) is 15.3. The second-order valence-corrected chi connectivity index (χ2v) is 7.03. The van der Waals surface area contributed by atoms with Crippen molar-refractivity contribution in [1.82, 2.24) is 9.88 Å². The fraction of sp³-hybridized carbons (Fsp3) is 0.368. The quantitative estimate of drug-likeness (QED) is 0.860. The summed E-state index contributed by atoms with van der Waals surface area (Å²) in [5.41, 5.74) is 0.712. The first kappa shape index (κ1) is 18.6. The van der Waals surface area contributed by atoms with Crippen molar-refractivity contribution in [1.29, 1.82) is 0 Å². The van der Waals surface area contributed by atoms with Gasteiger partial charge in [-0.2, -0.15) is 0 Å². The Hall–Kier alpha value is -2.18. The zero-order valence-electron chi connectivity index (χ0n) is 14.5. The van der Waals surface area contributed by atoms with Crippen LogP contribution in [0.4, 0.5) is 10.1 Å². The molecule has 1 aliphatic rings. The maximum absolute atomic E-state index is 13.3. The Morgan fingerprint density at radius 2 is 2.23 bits per heavy atom. The predicted molar refractivity (Wildman–Crippen MR) is 100 cm³/mol. The molecule has 1 amide bonds. The molecule has 7 heteroatoms. The van der Waals surface area contributed by atoms with E-state index in [2.05, 4.69) is 10.6 Å². The summed E-state index contributed by atoms with van der Waals surface area (Å²) >= 11 is 5.74. The number of piperidine rings is 1. The van der Waals surface area contributed by atoms with E-state index in [1.807, 2.05) is 0 Å². The van der Waals surface area contributed by atoms with Crippen LogP contribution < -0.4 is 16.2 Å². The maximum atomic E-state index is 13.3. The molecule has 2 heterocycles. The average Bonchev–Trinajstić information content (AvgIpc) is 2.62. The largest absolute Gasteiger partial charge is 0.322 e. The summed E-state index contributed by atoms with van der Waals surface area (Å²) in [5, 5.41) is 5.86. The molecule has 1 aromatic carbocycles. The molecule has 0 saturated carbocycles. The second-order valence-electron chi connectivity index (χ2n) is 6.63. The Bertz CT molecular complexity index is 876. The number of amides is 1. The van der Waals surface area contributed by atoms with Crippen LogP contribution in [0.15, 0.2) is 35.3 Å². The van der Waals surface area contributed by atoms with Gasteiger partial charge in [0.1, 0.15) is 11.4 Å². The molecule has 1 fully saturated rings. The van der Waals surface area contributed by atoms with Crippen LogP contribution in [-0.4, -0.2) is 23.6 Å². The summed E-state index contributed by atoms with van der Waals surface area (Å²) in [6, 6.07) is 5.66. The van der Waals surface area contributed by atoms with E-state index in [4.69, 9.17) is 11.6 Å². The fourth-order valence-corrected chi connectivity index (χ4v) is 3.39. The molecule has 1 saturated heterocycles. The van der Waals surface area contributed by atoms with Gasteiger partial charge in [0.25, 0.3) is 11.5 Å².